The highest BCUT2D eigenvalue weighted by Crippen LogP contribution is 2.38. The number of amides is 2. The van der Waals surface area contributed by atoms with Gasteiger partial charge in [-0.3, -0.25) is 14.5 Å². The van der Waals surface area contributed by atoms with Gasteiger partial charge >= 0.3 is 0 Å². The van der Waals surface area contributed by atoms with Gasteiger partial charge in [0.15, 0.2) is 17.3 Å². The van der Waals surface area contributed by atoms with Crippen molar-refractivity contribution >= 4 is 17.5 Å². The minimum absolute atomic E-state index is 0.0871. The Bertz CT molecular complexity index is 1170. The minimum atomic E-state index is -0.943. The van der Waals surface area contributed by atoms with Gasteiger partial charge in [0.05, 0.1) is 13.4 Å². The van der Waals surface area contributed by atoms with Crippen LogP contribution in [0.4, 0.5) is 5.69 Å². The zero-order chi connectivity index (χ0) is 24.2. The van der Waals surface area contributed by atoms with Crippen molar-refractivity contribution in [2.45, 2.75) is 37.8 Å². The van der Waals surface area contributed by atoms with Crippen LogP contribution < -0.4 is 24.4 Å². The van der Waals surface area contributed by atoms with Gasteiger partial charge in [0.25, 0.3) is 5.91 Å². The van der Waals surface area contributed by atoms with Crippen molar-refractivity contribution in [1.82, 2.24) is 5.32 Å². The predicted octanol–water partition coefficient (Wildman–Crippen LogP) is 4.51. The van der Waals surface area contributed by atoms with Crippen LogP contribution in [0.2, 0.25) is 0 Å². The largest absolute Gasteiger partial charge is 0.497 e. The smallest absolute Gasteiger partial charge is 0.294 e. The second-order valence-electron chi connectivity index (χ2n) is 8.65. The molecule has 1 saturated carbocycles. The van der Waals surface area contributed by atoms with E-state index in [4.69, 9.17) is 18.6 Å². The van der Waals surface area contributed by atoms with Gasteiger partial charge in [0.2, 0.25) is 5.91 Å². The van der Waals surface area contributed by atoms with Gasteiger partial charge in [-0.1, -0.05) is 25.0 Å². The van der Waals surface area contributed by atoms with Crippen molar-refractivity contribution in [2.24, 2.45) is 0 Å². The van der Waals surface area contributed by atoms with Gasteiger partial charge in [0.1, 0.15) is 25.0 Å². The summed E-state index contributed by atoms with van der Waals surface area (Å²) < 4.78 is 22.2. The molecule has 1 unspecified atom stereocenters. The van der Waals surface area contributed by atoms with E-state index in [0.717, 1.165) is 25.7 Å². The summed E-state index contributed by atoms with van der Waals surface area (Å²) in [5.74, 6) is 1.22. The fourth-order valence-electron chi connectivity index (χ4n) is 4.64. The van der Waals surface area contributed by atoms with Gasteiger partial charge in [-0.15, -0.1) is 0 Å². The molecule has 2 amide bonds. The number of fused-ring (bicyclic) bond motifs is 1. The number of methoxy groups -OCH3 is 1. The Morgan fingerprint density at radius 3 is 2.43 bits per heavy atom. The lowest BCUT2D eigenvalue weighted by Gasteiger charge is -2.32. The fourth-order valence-corrected chi connectivity index (χ4v) is 4.64. The SMILES string of the molecule is COc1ccc(C(C(=O)NC2CCCC2)N(C(=O)c2ccco2)c2ccc3c(c2)OCCO3)cc1. The first-order chi connectivity index (χ1) is 17.1. The number of anilines is 1. The molecule has 1 N–H and O–H groups in total. The van der Waals surface area contributed by atoms with Gasteiger partial charge in [-0.05, 0) is 54.8 Å². The number of ether oxygens (including phenoxy) is 3. The number of nitrogens with one attached hydrogen (secondary N) is 1. The van der Waals surface area contributed by atoms with E-state index in [1.807, 2.05) is 0 Å². The van der Waals surface area contributed by atoms with E-state index < -0.39 is 11.9 Å². The van der Waals surface area contributed by atoms with Crippen LogP contribution in [-0.4, -0.2) is 38.2 Å². The van der Waals surface area contributed by atoms with Crippen molar-refractivity contribution < 1.29 is 28.2 Å². The Labute approximate surface area is 203 Å². The van der Waals surface area contributed by atoms with E-state index in [9.17, 15) is 9.59 Å². The Hall–Kier alpha value is -3.94. The molecule has 5 rings (SSSR count). The van der Waals surface area contributed by atoms with Crippen LogP contribution in [0.1, 0.15) is 47.8 Å². The maximum absolute atomic E-state index is 13.8. The quantitative estimate of drug-likeness (QED) is 0.540. The van der Waals surface area contributed by atoms with Crippen molar-refractivity contribution in [2.75, 3.05) is 25.2 Å². The highest BCUT2D eigenvalue weighted by molar-refractivity contribution is 6.08. The third-order valence-electron chi connectivity index (χ3n) is 6.39. The molecule has 3 aromatic rings. The Kier molecular flexibility index (Phi) is 6.61. The number of nitrogens with zero attached hydrogens (tertiary/aromatic N) is 1. The van der Waals surface area contributed by atoms with E-state index in [2.05, 4.69) is 5.32 Å². The fraction of sp³-hybridized carbons (Fsp3) is 0.333. The topological polar surface area (TPSA) is 90.2 Å². The van der Waals surface area contributed by atoms with Crippen LogP contribution in [-0.2, 0) is 4.79 Å². The van der Waals surface area contributed by atoms with Gasteiger partial charge < -0.3 is 23.9 Å². The number of carbonyl (C=O) groups is 2. The van der Waals surface area contributed by atoms with Crippen molar-refractivity contribution in [3.8, 4) is 17.2 Å². The molecule has 0 radical (unpaired) electrons. The lowest BCUT2D eigenvalue weighted by atomic mass is 10.0. The van der Waals surface area contributed by atoms with E-state index in [1.165, 1.54) is 11.2 Å². The molecule has 35 heavy (non-hydrogen) atoms. The average Bonchev–Trinajstić information content (AvgIpc) is 3.61. The second kappa shape index (κ2) is 10.1. The molecule has 0 saturated heterocycles. The van der Waals surface area contributed by atoms with Crippen LogP contribution in [0.3, 0.4) is 0 Å². The van der Waals surface area contributed by atoms with Crippen LogP contribution in [0.5, 0.6) is 17.2 Å². The molecule has 2 aromatic carbocycles. The summed E-state index contributed by atoms with van der Waals surface area (Å²) in [7, 11) is 1.58. The van der Waals surface area contributed by atoms with E-state index >= 15 is 0 Å². The summed E-state index contributed by atoms with van der Waals surface area (Å²) in [5.41, 5.74) is 1.15. The molecule has 0 bridgehead atoms. The highest BCUT2D eigenvalue weighted by Gasteiger charge is 2.36. The molecule has 1 aliphatic heterocycles. The maximum atomic E-state index is 13.8. The summed E-state index contributed by atoms with van der Waals surface area (Å²) in [4.78, 5) is 29.1. The number of furan rings is 1. The van der Waals surface area contributed by atoms with Crippen LogP contribution in [0, 0.1) is 0 Å². The lowest BCUT2D eigenvalue weighted by molar-refractivity contribution is -0.123. The van der Waals surface area contributed by atoms with Gasteiger partial charge in [0, 0.05) is 17.8 Å². The molecule has 1 aromatic heterocycles. The molecule has 2 heterocycles. The lowest BCUT2D eigenvalue weighted by Crippen LogP contribution is -2.46. The molecule has 182 valence electrons. The molecular formula is C27H28N2O6. The zero-order valence-electron chi connectivity index (χ0n) is 19.6. The number of carbonyl (C=O) groups excluding carboxylic acids is 2. The Morgan fingerprint density at radius 2 is 1.74 bits per heavy atom. The van der Waals surface area contributed by atoms with Crippen molar-refractivity contribution in [1.29, 1.82) is 0 Å². The number of rotatable bonds is 7. The number of hydrogen-bond donors (Lipinski definition) is 1. The molecular weight excluding hydrogens is 448 g/mol. The third-order valence-corrected chi connectivity index (χ3v) is 6.39. The average molecular weight is 477 g/mol. The minimum Gasteiger partial charge on any atom is -0.497 e. The Morgan fingerprint density at radius 1 is 1.00 bits per heavy atom. The first-order valence-corrected chi connectivity index (χ1v) is 11.8. The van der Waals surface area contributed by atoms with Crippen LogP contribution in [0.15, 0.2) is 65.3 Å². The standard InChI is InChI=1S/C27H28N2O6/c1-32-21-11-8-18(9-12-21)25(26(30)28-19-5-2-3-6-19)29(27(31)23-7-4-14-33-23)20-10-13-22-24(17-20)35-16-15-34-22/h4,7-14,17,19,25H,2-3,5-6,15-16H2,1H3,(H,28,30). The summed E-state index contributed by atoms with van der Waals surface area (Å²) in [6, 6.07) is 14.8. The van der Waals surface area contributed by atoms with E-state index in [-0.39, 0.29) is 17.7 Å². The summed E-state index contributed by atoms with van der Waals surface area (Å²) in [5, 5.41) is 3.17. The molecule has 1 fully saturated rings. The molecule has 8 heteroatoms. The van der Waals surface area contributed by atoms with Gasteiger partial charge in [-0.25, -0.2) is 0 Å². The first-order valence-electron chi connectivity index (χ1n) is 11.8. The molecule has 8 nitrogen and oxygen atoms in total. The molecule has 1 aliphatic carbocycles. The summed E-state index contributed by atoms with van der Waals surface area (Å²) >= 11 is 0. The number of hydrogen-bond acceptors (Lipinski definition) is 6. The van der Waals surface area contributed by atoms with E-state index in [0.29, 0.717) is 41.7 Å². The molecule has 1 atom stereocenters. The zero-order valence-corrected chi connectivity index (χ0v) is 19.6. The Balaban J connectivity index is 1.60. The first kappa shape index (κ1) is 22.8. The monoisotopic (exact) mass is 476 g/mol. The predicted molar refractivity (Wildman–Crippen MR) is 129 cm³/mol. The normalized spacial score (nSPS) is 15.9. The van der Waals surface area contributed by atoms with Crippen LogP contribution in [0.25, 0.3) is 0 Å². The van der Waals surface area contributed by atoms with Crippen molar-refractivity contribution in [3.05, 3.63) is 72.2 Å². The molecule has 0 spiro atoms. The molecule has 2 aliphatic rings. The third kappa shape index (κ3) is 4.82. The number of benzene rings is 2. The van der Waals surface area contributed by atoms with Crippen molar-refractivity contribution in [3.63, 3.8) is 0 Å². The summed E-state index contributed by atoms with van der Waals surface area (Å²) in [6.07, 6.45) is 5.45. The second-order valence-corrected chi connectivity index (χ2v) is 8.65. The maximum Gasteiger partial charge on any atom is 0.294 e. The van der Waals surface area contributed by atoms with Crippen LogP contribution >= 0.6 is 0 Å². The highest BCUT2D eigenvalue weighted by atomic mass is 16.6. The summed E-state index contributed by atoms with van der Waals surface area (Å²) in [6.45, 7) is 0.867. The van der Waals surface area contributed by atoms with E-state index in [1.54, 1.807) is 61.7 Å². The van der Waals surface area contributed by atoms with Gasteiger partial charge in [-0.2, -0.15) is 0 Å².